The van der Waals surface area contributed by atoms with Crippen molar-refractivity contribution in [1.82, 2.24) is 19.3 Å². The van der Waals surface area contributed by atoms with Gasteiger partial charge in [0.1, 0.15) is 0 Å². The van der Waals surface area contributed by atoms with Gasteiger partial charge in [0.05, 0.1) is 22.4 Å². The summed E-state index contributed by atoms with van der Waals surface area (Å²) < 4.78 is 4.89. The number of fused-ring (bicyclic) bond motifs is 1. The molecule has 0 unspecified atom stereocenters. The van der Waals surface area contributed by atoms with Crippen LogP contribution in [0.3, 0.4) is 0 Å². The van der Waals surface area contributed by atoms with Crippen molar-refractivity contribution in [3.05, 3.63) is 69.6 Å². The van der Waals surface area contributed by atoms with Gasteiger partial charge < -0.3 is 0 Å². The first kappa shape index (κ1) is 19.0. The van der Waals surface area contributed by atoms with Gasteiger partial charge in [0, 0.05) is 5.75 Å². The third-order valence-corrected chi connectivity index (χ3v) is 6.63. The van der Waals surface area contributed by atoms with E-state index in [1.807, 2.05) is 36.4 Å². The van der Waals surface area contributed by atoms with Crippen molar-refractivity contribution < 1.29 is 0 Å². The van der Waals surface area contributed by atoms with E-state index in [4.69, 9.17) is 0 Å². The Morgan fingerprint density at radius 2 is 1.86 bits per heavy atom. The van der Waals surface area contributed by atoms with Crippen LogP contribution in [0.25, 0.3) is 15.9 Å². The third kappa shape index (κ3) is 3.64. The molecule has 0 saturated carbocycles. The van der Waals surface area contributed by atoms with Gasteiger partial charge >= 0.3 is 4.87 Å². The number of aryl methyl sites for hydroxylation is 1. The molecule has 0 aliphatic heterocycles. The number of nitrogens with zero attached hydrogens (tertiary/aromatic N) is 4. The summed E-state index contributed by atoms with van der Waals surface area (Å²) in [5.74, 6) is 1.78. The first-order chi connectivity index (χ1) is 13.7. The van der Waals surface area contributed by atoms with E-state index < -0.39 is 0 Å². The molecule has 2 aromatic carbocycles. The Morgan fingerprint density at radius 1 is 1.07 bits per heavy atom. The average molecular weight is 411 g/mol. The van der Waals surface area contributed by atoms with Crippen LogP contribution in [-0.4, -0.2) is 25.1 Å². The summed E-state index contributed by atoms with van der Waals surface area (Å²) in [5.41, 5.74) is 3.16. The van der Waals surface area contributed by atoms with Gasteiger partial charge in [0.2, 0.25) is 0 Å². The number of aromatic nitrogens is 4. The predicted molar refractivity (Wildman–Crippen MR) is 117 cm³/mol. The van der Waals surface area contributed by atoms with Crippen LogP contribution in [0, 0.1) is 6.92 Å². The Kier molecular flexibility index (Phi) is 5.64. The highest BCUT2D eigenvalue weighted by Gasteiger charge is 2.18. The molecule has 4 rings (SSSR count). The molecule has 144 valence electrons. The maximum atomic E-state index is 12.6. The minimum absolute atomic E-state index is 0.0284. The quantitative estimate of drug-likeness (QED) is 0.321. The molecule has 0 amide bonds. The van der Waals surface area contributed by atoms with Crippen LogP contribution in [-0.2, 0) is 6.54 Å². The number of hydrogen-bond acceptors (Lipinski definition) is 5. The number of thioether (sulfide) groups is 1. The lowest BCUT2D eigenvalue weighted by molar-refractivity contribution is 0.724. The first-order valence-corrected chi connectivity index (χ1v) is 11.2. The Bertz CT molecular complexity index is 1160. The zero-order valence-corrected chi connectivity index (χ0v) is 17.6. The maximum Gasteiger partial charge on any atom is 0.308 e. The second kappa shape index (κ2) is 8.32. The molecule has 0 bridgehead atoms. The molecule has 28 heavy (non-hydrogen) atoms. The number of para-hydroxylation sites is 2. The molecule has 0 aliphatic rings. The smallest absolute Gasteiger partial charge is 0.291 e. The van der Waals surface area contributed by atoms with E-state index in [-0.39, 0.29) is 4.87 Å². The van der Waals surface area contributed by atoms with Crippen molar-refractivity contribution in [3.8, 4) is 5.69 Å². The molecule has 0 aliphatic carbocycles. The fourth-order valence-electron chi connectivity index (χ4n) is 3.17. The molecule has 7 heteroatoms. The zero-order chi connectivity index (χ0) is 19.5. The lowest BCUT2D eigenvalue weighted by Gasteiger charge is -2.13. The van der Waals surface area contributed by atoms with E-state index in [1.54, 1.807) is 16.3 Å². The molecule has 0 radical (unpaired) electrons. The minimum Gasteiger partial charge on any atom is -0.291 e. The summed E-state index contributed by atoms with van der Waals surface area (Å²) in [5, 5.41) is 9.81. The molecule has 0 spiro atoms. The standard InChI is InChI=1S/C21H22N4OS2/c1-3-4-13-27-20-23-22-19(25(20)16-10-6-5-9-15(16)2)14-24-17-11-7-8-12-18(17)28-21(24)26/h5-12H,3-4,13-14H2,1-2H3. The molecule has 0 N–H and O–H groups in total. The van der Waals surface area contributed by atoms with Gasteiger partial charge in [0.25, 0.3) is 0 Å². The molecule has 0 atom stereocenters. The zero-order valence-electron chi connectivity index (χ0n) is 16.0. The monoisotopic (exact) mass is 410 g/mol. The molecule has 2 aromatic heterocycles. The molecular weight excluding hydrogens is 388 g/mol. The average Bonchev–Trinajstić information content (AvgIpc) is 3.24. The summed E-state index contributed by atoms with van der Waals surface area (Å²) in [6.07, 6.45) is 2.28. The van der Waals surface area contributed by atoms with Crippen LogP contribution in [0.15, 0.2) is 58.5 Å². The third-order valence-electron chi connectivity index (χ3n) is 4.66. The van der Waals surface area contributed by atoms with Gasteiger partial charge in [0.15, 0.2) is 11.0 Å². The highest BCUT2D eigenvalue weighted by Crippen LogP contribution is 2.26. The molecule has 0 saturated heterocycles. The summed E-state index contributed by atoms with van der Waals surface area (Å²) >= 11 is 2.99. The Hall–Kier alpha value is -2.38. The van der Waals surface area contributed by atoms with Gasteiger partial charge in [-0.2, -0.15) is 0 Å². The van der Waals surface area contributed by atoms with Crippen molar-refractivity contribution in [3.63, 3.8) is 0 Å². The lowest BCUT2D eigenvalue weighted by Crippen LogP contribution is -2.17. The van der Waals surface area contributed by atoms with E-state index in [1.165, 1.54) is 11.3 Å². The highest BCUT2D eigenvalue weighted by molar-refractivity contribution is 7.99. The Morgan fingerprint density at radius 3 is 2.68 bits per heavy atom. The SMILES string of the molecule is CCCCSc1nnc(Cn2c(=O)sc3ccccc32)n1-c1ccccc1C. The number of thiazole rings is 1. The molecule has 2 heterocycles. The van der Waals surface area contributed by atoms with Crippen LogP contribution < -0.4 is 4.87 Å². The van der Waals surface area contributed by atoms with E-state index in [2.05, 4.69) is 40.7 Å². The molecule has 0 fully saturated rings. The number of unbranched alkanes of at least 4 members (excludes halogenated alkanes) is 1. The van der Waals surface area contributed by atoms with E-state index in [9.17, 15) is 4.79 Å². The topological polar surface area (TPSA) is 52.7 Å². The number of rotatable bonds is 7. The Balaban J connectivity index is 1.79. The second-order valence-electron chi connectivity index (χ2n) is 6.64. The van der Waals surface area contributed by atoms with Crippen molar-refractivity contribution in [1.29, 1.82) is 0 Å². The summed E-state index contributed by atoms with van der Waals surface area (Å²) in [4.78, 5) is 12.6. The van der Waals surface area contributed by atoms with E-state index in [0.717, 1.165) is 51.0 Å². The van der Waals surface area contributed by atoms with Crippen molar-refractivity contribution in [2.24, 2.45) is 0 Å². The van der Waals surface area contributed by atoms with Crippen molar-refractivity contribution in [2.45, 2.75) is 38.4 Å². The van der Waals surface area contributed by atoms with Gasteiger partial charge in [-0.15, -0.1) is 10.2 Å². The fourth-order valence-corrected chi connectivity index (χ4v) is 5.10. The van der Waals surface area contributed by atoms with Crippen LogP contribution in [0.4, 0.5) is 0 Å². The molecule has 5 nitrogen and oxygen atoms in total. The lowest BCUT2D eigenvalue weighted by atomic mass is 10.2. The molecule has 4 aromatic rings. The van der Waals surface area contributed by atoms with Crippen LogP contribution in [0.2, 0.25) is 0 Å². The fraction of sp³-hybridized carbons (Fsp3) is 0.286. The van der Waals surface area contributed by atoms with Crippen LogP contribution in [0.1, 0.15) is 31.2 Å². The van der Waals surface area contributed by atoms with E-state index in [0.29, 0.717) is 6.54 Å². The maximum absolute atomic E-state index is 12.6. The summed E-state index contributed by atoms with van der Waals surface area (Å²) in [6.45, 7) is 4.68. The van der Waals surface area contributed by atoms with Crippen molar-refractivity contribution >= 4 is 33.3 Å². The van der Waals surface area contributed by atoms with Crippen LogP contribution >= 0.6 is 23.1 Å². The minimum atomic E-state index is 0.0284. The normalized spacial score (nSPS) is 11.4. The highest BCUT2D eigenvalue weighted by atomic mass is 32.2. The van der Waals surface area contributed by atoms with Gasteiger partial charge in [-0.3, -0.25) is 13.9 Å². The first-order valence-electron chi connectivity index (χ1n) is 9.40. The van der Waals surface area contributed by atoms with Crippen molar-refractivity contribution in [2.75, 3.05) is 5.75 Å². The summed E-state index contributed by atoms with van der Waals surface area (Å²) in [6, 6.07) is 16.1. The largest absolute Gasteiger partial charge is 0.308 e. The van der Waals surface area contributed by atoms with Gasteiger partial charge in [-0.25, -0.2) is 0 Å². The summed E-state index contributed by atoms with van der Waals surface area (Å²) in [7, 11) is 0. The van der Waals surface area contributed by atoms with Crippen LogP contribution in [0.5, 0.6) is 0 Å². The Labute approximate surface area is 172 Å². The van der Waals surface area contributed by atoms with E-state index >= 15 is 0 Å². The molecular formula is C21H22N4OS2. The van der Waals surface area contributed by atoms with Gasteiger partial charge in [-0.05, 0) is 37.1 Å². The number of hydrogen-bond donors (Lipinski definition) is 0. The predicted octanol–water partition coefficient (Wildman–Crippen LogP) is 4.89. The second-order valence-corrected chi connectivity index (χ2v) is 8.70. The van der Waals surface area contributed by atoms with Gasteiger partial charge in [-0.1, -0.05) is 66.8 Å². The number of benzene rings is 2.